The highest BCUT2D eigenvalue weighted by Gasteiger charge is 2.27. The molecule has 128 valence electrons. The van der Waals surface area contributed by atoms with Gasteiger partial charge in [0.15, 0.2) is 0 Å². The van der Waals surface area contributed by atoms with Crippen molar-refractivity contribution < 1.29 is 9.21 Å². The fraction of sp³-hybridized carbons (Fsp3) is 0.250. The van der Waals surface area contributed by atoms with Crippen molar-refractivity contribution >= 4 is 22.9 Å². The highest BCUT2D eigenvalue weighted by atomic mass is 32.1. The second-order valence-corrected chi connectivity index (χ2v) is 7.16. The molecule has 0 spiro atoms. The maximum absolute atomic E-state index is 12.5. The SMILES string of the molecule is CC1Cc2ccccc2N1Cc1occc1C(=O)NCc1ccsc1. The number of hydrogen-bond donors (Lipinski definition) is 1. The van der Waals surface area contributed by atoms with Crippen molar-refractivity contribution in [1.29, 1.82) is 0 Å². The van der Waals surface area contributed by atoms with Crippen LogP contribution in [0.1, 0.15) is 34.2 Å². The smallest absolute Gasteiger partial charge is 0.255 e. The van der Waals surface area contributed by atoms with Crippen LogP contribution in [0.25, 0.3) is 0 Å². The number of nitrogens with zero attached hydrogens (tertiary/aromatic N) is 1. The number of nitrogens with one attached hydrogen (secondary N) is 1. The summed E-state index contributed by atoms with van der Waals surface area (Å²) < 4.78 is 5.65. The summed E-state index contributed by atoms with van der Waals surface area (Å²) in [6.45, 7) is 3.35. The second kappa shape index (κ2) is 6.76. The molecule has 4 rings (SSSR count). The van der Waals surface area contributed by atoms with Crippen molar-refractivity contribution in [3.05, 3.63) is 75.9 Å². The molecule has 1 amide bonds. The Morgan fingerprint density at radius 1 is 1.32 bits per heavy atom. The molecule has 1 aliphatic heterocycles. The number of amides is 1. The van der Waals surface area contributed by atoms with E-state index in [2.05, 4.69) is 41.4 Å². The van der Waals surface area contributed by atoms with Gasteiger partial charge < -0.3 is 14.6 Å². The van der Waals surface area contributed by atoms with Crippen molar-refractivity contribution in [3.8, 4) is 0 Å². The Hall–Kier alpha value is -2.53. The number of fused-ring (bicyclic) bond motifs is 1. The quantitative estimate of drug-likeness (QED) is 0.748. The van der Waals surface area contributed by atoms with Crippen LogP contribution in [-0.4, -0.2) is 11.9 Å². The zero-order chi connectivity index (χ0) is 17.2. The maximum atomic E-state index is 12.5. The summed E-state index contributed by atoms with van der Waals surface area (Å²) in [5, 5.41) is 7.02. The average molecular weight is 352 g/mol. The van der Waals surface area contributed by atoms with E-state index in [1.165, 1.54) is 11.3 Å². The summed E-state index contributed by atoms with van der Waals surface area (Å²) >= 11 is 1.63. The number of para-hydroxylation sites is 1. The molecule has 2 aromatic heterocycles. The van der Waals surface area contributed by atoms with Gasteiger partial charge in [-0.15, -0.1) is 0 Å². The molecule has 1 atom stereocenters. The first-order valence-corrected chi connectivity index (χ1v) is 9.37. The summed E-state index contributed by atoms with van der Waals surface area (Å²) in [5.74, 6) is 0.626. The summed E-state index contributed by atoms with van der Waals surface area (Å²) in [6, 6.07) is 12.6. The Kier molecular flexibility index (Phi) is 4.32. The topological polar surface area (TPSA) is 45.5 Å². The number of thiophene rings is 1. The second-order valence-electron chi connectivity index (χ2n) is 6.38. The van der Waals surface area contributed by atoms with Gasteiger partial charge in [0.1, 0.15) is 5.76 Å². The molecule has 1 unspecified atom stereocenters. The number of hydrogen-bond acceptors (Lipinski definition) is 4. The van der Waals surface area contributed by atoms with E-state index >= 15 is 0 Å². The lowest BCUT2D eigenvalue weighted by molar-refractivity contribution is 0.0949. The van der Waals surface area contributed by atoms with Crippen molar-refractivity contribution in [2.45, 2.75) is 32.5 Å². The number of carbonyl (C=O) groups is 1. The number of anilines is 1. The van der Waals surface area contributed by atoms with Crippen LogP contribution in [0.4, 0.5) is 5.69 Å². The van der Waals surface area contributed by atoms with Gasteiger partial charge in [0.05, 0.1) is 18.4 Å². The summed E-state index contributed by atoms with van der Waals surface area (Å²) in [4.78, 5) is 14.8. The van der Waals surface area contributed by atoms with Crippen LogP contribution in [0.2, 0.25) is 0 Å². The Morgan fingerprint density at radius 2 is 2.20 bits per heavy atom. The largest absolute Gasteiger partial charge is 0.467 e. The first-order chi connectivity index (χ1) is 12.2. The van der Waals surface area contributed by atoms with Crippen LogP contribution >= 0.6 is 11.3 Å². The normalized spacial score (nSPS) is 16.0. The standard InChI is InChI=1S/C20H20N2O2S/c1-14-10-16-4-2-3-5-18(16)22(14)12-19-17(6-8-24-19)20(23)21-11-15-7-9-25-13-15/h2-9,13-14H,10-12H2,1H3,(H,21,23). The number of rotatable bonds is 5. The van der Waals surface area contributed by atoms with E-state index in [9.17, 15) is 4.79 Å². The average Bonchev–Trinajstić information content (AvgIpc) is 3.34. The van der Waals surface area contributed by atoms with Gasteiger partial charge in [-0.25, -0.2) is 0 Å². The molecule has 5 heteroatoms. The van der Waals surface area contributed by atoms with Crippen molar-refractivity contribution in [2.75, 3.05) is 4.90 Å². The first-order valence-electron chi connectivity index (χ1n) is 8.42. The zero-order valence-corrected chi connectivity index (χ0v) is 14.9. The predicted molar refractivity (Wildman–Crippen MR) is 100.0 cm³/mol. The summed E-state index contributed by atoms with van der Waals surface area (Å²) in [7, 11) is 0. The highest BCUT2D eigenvalue weighted by molar-refractivity contribution is 7.07. The third-order valence-electron chi connectivity index (χ3n) is 4.69. The molecule has 0 aliphatic carbocycles. The third-order valence-corrected chi connectivity index (χ3v) is 5.42. The van der Waals surface area contributed by atoms with E-state index in [-0.39, 0.29) is 5.91 Å². The molecule has 0 saturated carbocycles. The van der Waals surface area contributed by atoms with Gasteiger partial charge in [-0.3, -0.25) is 4.79 Å². The van der Waals surface area contributed by atoms with Crippen LogP contribution in [0, 0.1) is 0 Å². The molecule has 1 N–H and O–H groups in total. The maximum Gasteiger partial charge on any atom is 0.255 e. The number of carbonyl (C=O) groups excluding carboxylic acids is 1. The summed E-state index contributed by atoms with van der Waals surface area (Å²) in [5.41, 5.74) is 4.32. The van der Waals surface area contributed by atoms with Gasteiger partial charge >= 0.3 is 0 Å². The third kappa shape index (κ3) is 3.20. The molecule has 1 aromatic carbocycles. The Labute approximate surface area is 151 Å². The van der Waals surface area contributed by atoms with Crippen LogP contribution in [0.5, 0.6) is 0 Å². The minimum Gasteiger partial charge on any atom is -0.467 e. The summed E-state index contributed by atoms with van der Waals surface area (Å²) in [6.07, 6.45) is 2.62. The molecule has 4 nitrogen and oxygen atoms in total. The number of benzene rings is 1. The minimum atomic E-state index is -0.0879. The first kappa shape index (κ1) is 16.0. The lowest BCUT2D eigenvalue weighted by atomic mass is 10.1. The molecular weight excluding hydrogens is 332 g/mol. The van der Waals surface area contributed by atoms with Crippen LogP contribution in [-0.2, 0) is 19.5 Å². The lowest BCUT2D eigenvalue weighted by Crippen LogP contribution is -2.30. The van der Waals surface area contributed by atoms with Gasteiger partial charge in [-0.1, -0.05) is 18.2 Å². The van der Waals surface area contributed by atoms with Gasteiger partial charge in [0, 0.05) is 18.3 Å². The molecule has 0 saturated heterocycles. The minimum absolute atomic E-state index is 0.0879. The lowest BCUT2D eigenvalue weighted by Gasteiger charge is -2.24. The molecule has 3 heterocycles. The Morgan fingerprint density at radius 3 is 3.04 bits per heavy atom. The predicted octanol–water partition coefficient (Wildman–Crippen LogP) is 4.22. The van der Waals surface area contributed by atoms with Gasteiger partial charge in [-0.05, 0) is 53.4 Å². The van der Waals surface area contributed by atoms with E-state index in [0.29, 0.717) is 30.5 Å². The van der Waals surface area contributed by atoms with Gasteiger partial charge in [0.2, 0.25) is 0 Å². The molecule has 0 fully saturated rings. The van der Waals surface area contributed by atoms with E-state index in [1.54, 1.807) is 23.7 Å². The van der Waals surface area contributed by atoms with Crippen molar-refractivity contribution in [1.82, 2.24) is 5.32 Å². The van der Waals surface area contributed by atoms with Gasteiger partial charge in [0.25, 0.3) is 5.91 Å². The van der Waals surface area contributed by atoms with Crippen LogP contribution in [0.15, 0.2) is 57.8 Å². The highest BCUT2D eigenvalue weighted by Crippen LogP contribution is 2.33. The van der Waals surface area contributed by atoms with Crippen molar-refractivity contribution in [2.24, 2.45) is 0 Å². The molecule has 3 aromatic rings. The Balaban J connectivity index is 1.49. The van der Waals surface area contributed by atoms with Crippen molar-refractivity contribution in [3.63, 3.8) is 0 Å². The van der Waals surface area contributed by atoms with E-state index in [1.807, 2.05) is 16.8 Å². The van der Waals surface area contributed by atoms with E-state index in [0.717, 1.165) is 12.0 Å². The molecule has 25 heavy (non-hydrogen) atoms. The monoisotopic (exact) mass is 352 g/mol. The fourth-order valence-electron chi connectivity index (χ4n) is 3.36. The fourth-order valence-corrected chi connectivity index (χ4v) is 4.03. The van der Waals surface area contributed by atoms with Crippen LogP contribution in [0.3, 0.4) is 0 Å². The van der Waals surface area contributed by atoms with E-state index < -0.39 is 0 Å². The molecule has 0 bridgehead atoms. The van der Waals surface area contributed by atoms with E-state index in [4.69, 9.17) is 4.42 Å². The Bertz CT molecular complexity index is 869. The number of furan rings is 1. The van der Waals surface area contributed by atoms with Crippen LogP contribution < -0.4 is 10.2 Å². The molecular formula is C20H20N2O2S. The molecule has 1 aliphatic rings. The van der Waals surface area contributed by atoms with Gasteiger partial charge in [-0.2, -0.15) is 11.3 Å². The molecule has 0 radical (unpaired) electrons. The zero-order valence-electron chi connectivity index (χ0n) is 14.1.